The summed E-state index contributed by atoms with van der Waals surface area (Å²) < 4.78 is 31.3. The van der Waals surface area contributed by atoms with Crippen LogP contribution in [0.5, 0.6) is 5.75 Å². The molecule has 57 heavy (non-hydrogen) atoms. The number of nitrogens with one attached hydrogen (secondary N) is 6. The first kappa shape index (κ1) is 45.8. The lowest BCUT2D eigenvalue weighted by Crippen LogP contribution is -2.58. The van der Waals surface area contributed by atoms with Gasteiger partial charge in [-0.25, -0.2) is 18.8 Å². The third kappa shape index (κ3) is 16.2. The molecule has 0 spiro atoms. The fourth-order valence-electron chi connectivity index (χ4n) is 5.56. The summed E-state index contributed by atoms with van der Waals surface area (Å²) in [6.07, 6.45) is -2.79. The molecule has 6 amide bonds. The molecule has 0 radical (unpaired) electrons. The number of benzene rings is 2. The van der Waals surface area contributed by atoms with Gasteiger partial charge in [-0.15, -0.1) is 0 Å². The lowest BCUT2D eigenvalue weighted by atomic mass is 9.95. The number of carbonyl (C=O) groups excluding carboxylic acids is 6. The first-order valence-electron chi connectivity index (χ1n) is 18.8. The number of rotatable bonds is 9. The molecular formula is C40H57FN6O10. The summed E-state index contributed by atoms with van der Waals surface area (Å²) in [5, 5.41) is 26.5. The molecule has 3 rings (SSSR count). The number of ether oxygens (including phenoxy) is 3. The standard InChI is InChI=1S/C40H57FN6O10/c1-38(2,3)55-35(52)43-16-10-11-28-33(50)46-29(32(49)42-17-18-44-36(53)56-39(4,5)6)21-25-19-23(12-14-27(25)41)24-13-15-31(48)26(20-24)22-30(34(51)45-28)47-37(54)57-40(7,8)9/h12-15,19-20,28-30,48H,10-11,16-18,21-22H2,1-9H3,(H,42,49)(H,43,52)(H,44,53)(H,45,51)(H,46,50)(H,47,54)/t28-,29-,30-/m0/s1. The molecular weight excluding hydrogens is 743 g/mol. The zero-order valence-electron chi connectivity index (χ0n) is 34.1. The van der Waals surface area contributed by atoms with E-state index in [2.05, 4.69) is 31.9 Å². The molecule has 4 bridgehead atoms. The van der Waals surface area contributed by atoms with E-state index >= 15 is 4.39 Å². The van der Waals surface area contributed by atoms with Crippen LogP contribution in [0.2, 0.25) is 0 Å². The minimum Gasteiger partial charge on any atom is -0.508 e. The predicted molar refractivity (Wildman–Crippen MR) is 209 cm³/mol. The van der Waals surface area contributed by atoms with E-state index in [0.29, 0.717) is 11.1 Å². The number of fused-ring (bicyclic) bond motifs is 5. The van der Waals surface area contributed by atoms with Crippen molar-refractivity contribution < 1.29 is 52.5 Å². The number of aromatic hydroxyl groups is 1. The van der Waals surface area contributed by atoms with E-state index in [1.165, 1.54) is 24.3 Å². The first-order valence-corrected chi connectivity index (χ1v) is 18.8. The Balaban J connectivity index is 2.01. The van der Waals surface area contributed by atoms with Crippen molar-refractivity contribution in [1.82, 2.24) is 31.9 Å². The van der Waals surface area contributed by atoms with Gasteiger partial charge in [-0.2, -0.15) is 0 Å². The van der Waals surface area contributed by atoms with Crippen LogP contribution in [0, 0.1) is 5.82 Å². The highest BCUT2D eigenvalue weighted by Crippen LogP contribution is 2.29. The summed E-state index contributed by atoms with van der Waals surface area (Å²) >= 11 is 0. The van der Waals surface area contributed by atoms with E-state index in [1.54, 1.807) is 74.4 Å². The van der Waals surface area contributed by atoms with Gasteiger partial charge in [-0.05, 0) is 122 Å². The Kier molecular flexibility index (Phi) is 15.7. The number of phenols is 1. The van der Waals surface area contributed by atoms with E-state index in [-0.39, 0.29) is 62.2 Å². The SMILES string of the molecule is CC(C)(C)OC(=O)NCCC[C@@H]1NC(=O)[C@@H](NC(=O)OC(C)(C)C)Cc2cc(ccc2O)-c2ccc(F)c(c2)C[C@@H](C(=O)NCCNC(=O)OC(C)(C)C)NC1=O. The third-order valence-corrected chi connectivity index (χ3v) is 8.01. The van der Waals surface area contributed by atoms with Crippen molar-refractivity contribution in [1.29, 1.82) is 0 Å². The second kappa shape index (κ2) is 19.5. The molecule has 0 aliphatic carbocycles. The van der Waals surface area contributed by atoms with Crippen LogP contribution in [0.25, 0.3) is 11.1 Å². The van der Waals surface area contributed by atoms with Gasteiger partial charge in [0.05, 0.1) is 0 Å². The fourth-order valence-corrected chi connectivity index (χ4v) is 5.56. The van der Waals surface area contributed by atoms with E-state index in [1.807, 2.05) is 0 Å². The molecule has 2 aromatic carbocycles. The lowest BCUT2D eigenvalue weighted by molar-refractivity contribution is -0.132. The smallest absolute Gasteiger partial charge is 0.408 e. The van der Waals surface area contributed by atoms with Gasteiger partial charge in [0.15, 0.2) is 0 Å². The van der Waals surface area contributed by atoms with Crippen LogP contribution in [0.4, 0.5) is 18.8 Å². The molecule has 0 saturated carbocycles. The average Bonchev–Trinajstić information content (AvgIpc) is 3.06. The molecule has 7 N–H and O–H groups in total. The minimum atomic E-state index is -1.38. The largest absolute Gasteiger partial charge is 0.508 e. The average molecular weight is 801 g/mol. The van der Waals surface area contributed by atoms with Crippen LogP contribution in [-0.4, -0.2) is 95.7 Å². The second-order valence-corrected chi connectivity index (χ2v) is 16.7. The molecule has 0 aromatic heterocycles. The van der Waals surface area contributed by atoms with Crippen molar-refractivity contribution in [3.05, 3.63) is 53.3 Å². The molecule has 314 valence electrons. The highest BCUT2D eigenvalue weighted by molar-refractivity contribution is 5.94. The summed E-state index contributed by atoms with van der Waals surface area (Å²) in [4.78, 5) is 79.2. The number of halogens is 1. The van der Waals surface area contributed by atoms with Gasteiger partial charge in [0.25, 0.3) is 0 Å². The Hall–Kier alpha value is -5.61. The first-order chi connectivity index (χ1) is 26.4. The van der Waals surface area contributed by atoms with E-state index in [0.717, 1.165) is 0 Å². The van der Waals surface area contributed by atoms with Crippen molar-refractivity contribution in [2.24, 2.45) is 0 Å². The van der Waals surface area contributed by atoms with Gasteiger partial charge in [-0.3, -0.25) is 14.4 Å². The summed E-state index contributed by atoms with van der Waals surface area (Å²) in [5.41, 5.74) is -1.05. The summed E-state index contributed by atoms with van der Waals surface area (Å²) in [7, 11) is 0. The quantitative estimate of drug-likeness (QED) is 0.142. The maximum Gasteiger partial charge on any atom is 0.408 e. The van der Waals surface area contributed by atoms with Crippen molar-refractivity contribution in [3.63, 3.8) is 0 Å². The fraction of sp³-hybridized carbons (Fsp3) is 0.550. The van der Waals surface area contributed by atoms with Crippen LogP contribution in [0.3, 0.4) is 0 Å². The highest BCUT2D eigenvalue weighted by Gasteiger charge is 2.32. The Morgan fingerprint density at radius 2 is 1.23 bits per heavy atom. The van der Waals surface area contributed by atoms with Crippen LogP contribution in [0.15, 0.2) is 36.4 Å². The molecule has 1 aliphatic rings. The number of alkyl carbamates (subject to hydrolysis) is 3. The predicted octanol–water partition coefficient (Wildman–Crippen LogP) is 4.11. The van der Waals surface area contributed by atoms with Gasteiger partial charge in [-0.1, -0.05) is 12.1 Å². The van der Waals surface area contributed by atoms with E-state index < -0.39 is 76.7 Å². The summed E-state index contributed by atoms with van der Waals surface area (Å²) in [5.74, 6) is -3.19. The van der Waals surface area contributed by atoms with Crippen molar-refractivity contribution >= 4 is 36.0 Å². The van der Waals surface area contributed by atoms with Gasteiger partial charge < -0.3 is 51.2 Å². The zero-order valence-corrected chi connectivity index (χ0v) is 34.1. The molecule has 0 fully saturated rings. The second-order valence-electron chi connectivity index (χ2n) is 16.7. The summed E-state index contributed by atoms with van der Waals surface area (Å²) in [6, 6.07) is 4.74. The molecule has 17 heteroatoms. The van der Waals surface area contributed by atoms with Crippen LogP contribution in [-0.2, 0) is 41.4 Å². The monoisotopic (exact) mass is 800 g/mol. The molecule has 2 aromatic rings. The maximum atomic E-state index is 15.4. The maximum absolute atomic E-state index is 15.4. The molecule has 3 atom stereocenters. The van der Waals surface area contributed by atoms with Gasteiger partial charge in [0, 0.05) is 32.5 Å². The van der Waals surface area contributed by atoms with Crippen LogP contribution < -0.4 is 31.9 Å². The van der Waals surface area contributed by atoms with E-state index in [9.17, 15) is 33.9 Å². The highest BCUT2D eigenvalue weighted by atomic mass is 19.1. The molecule has 1 heterocycles. The van der Waals surface area contributed by atoms with Gasteiger partial charge >= 0.3 is 18.3 Å². The van der Waals surface area contributed by atoms with Gasteiger partial charge in [0.1, 0.15) is 46.5 Å². The molecule has 1 aliphatic heterocycles. The number of hydrogen-bond acceptors (Lipinski definition) is 10. The van der Waals surface area contributed by atoms with Crippen LogP contribution in [0.1, 0.15) is 86.3 Å². The minimum absolute atomic E-state index is 0.0241. The number of amides is 6. The Bertz CT molecular complexity index is 1780. The molecule has 0 unspecified atom stereocenters. The number of phenolic OH excluding ortho intramolecular Hbond substituents is 1. The normalized spacial score (nSPS) is 17.7. The zero-order chi connectivity index (χ0) is 42.7. The van der Waals surface area contributed by atoms with Crippen molar-refractivity contribution in [2.75, 3.05) is 19.6 Å². The summed E-state index contributed by atoms with van der Waals surface area (Å²) in [6.45, 7) is 15.1. The van der Waals surface area contributed by atoms with Crippen LogP contribution >= 0.6 is 0 Å². The van der Waals surface area contributed by atoms with E-state index in [4.69, 9.17) is 14.2 Å². The van der Waals surface area contributed by atoms with Gasteiger partial charge in [0.2, 0.25) is 17.7 Å². The topological polar surface area (TPSA) is 223 Å². The number of hydrogen-bond donors (Lipinski definition) is 7. The molecule has 0 saturated heterocycles. The lowest BCUT2D eigenvalue weighted by Gasteiger charge is -2.27. The Morgan fingerprint density at radius 1 is 0.702 bits per heavy atom. The Labute approximate surface area is 332 Å². The van der Waals surface area contributed by atoms with Crippen molar-refractivity contribution in [2.45, 2.75) is 123 Å². The molecule has 16 nitrogen and oxygen atoms in total. The van der Waals surface area contributed by atoms with Crippen molar-refractivity contribution in [3.8, 4) is 16.9 Å². The Morgan fingerprint density at radius 3 is 1.82 bits per heavy atom. The third-order valence-electron chi connectivity index (χ3n) is 8.01. The number of carbonyl (C=O) groups is 6.